The maximum atomic E-state index is 10.9. The Morgan fingerprint density at radius 3 is 2.55 bits per heavy atom. The standard InChI is InChI=1S/C16H16BrNO2/c1-11(12-5-3-2-4-6-12)10-18-15-8-7-13(16(19)20)9-14(15)17/h2-9,11,18H,10H2,1H3,(H,19,20). The number of anilines is 1. The van der Waals surface area contributed by atoms with Crippen LogP contribution in [0.4, 0.5) is 5.69 Å². The molecular weight excluding hydrogens is 318 g/mol. The molecule has 0 aliphatic carbocycles. The van der Waals surface area contributed by atoms with Gasteiger partial charge in [-0.1, -0.05) is 37.3 Å². The van der Waals surface area contributed by atoms with Crippen LogP contribution in [0.2, 0.25) is 0 Å². The zero-order valence-corrected chi connectivity index (χ0v) is 12.7. The van der Waals surface area contributed by atoms with Gasteiger partial charge in [-0.3, -0.25) is 0 Å². The molecule has 0 saturated heterocycles. The van der Waals surface area contributed by atoms with E-state index in [9.17, 15) is 4.79 Å². The maximum Gasteiger partial charge on any atom is 0.335 e. The Hall–Kier alpha value is -1.81. The van der Waals surface area contributed by atoms with Gasteiger partial charge in [0.1, 0.15) is 0 Å². The molecule has 2 aromatic carbocycles. The van der Waals surface area contributed by atoms with E-state index < -0.39 is 5.97 Å². The lowest BCUT2D eigenvalue weighted by atomic mass is 10.0. The number of carboxylic acids is 1. The minimum absolute atomic E-state index is 0.276. The number of hydrogen-bond donors (Lipinski definition) is 2. The van der Waals surface area contributed by atoms with Crippen molar-refractivity contribution in [1.29, 1.82) is 0 Å². The van der Waals surface area contributed by atoms with E-state index in [0.717, 1.165) is 16.7 Å². The number of nitrogens with one attached hydrogen (secondary N) is 1. The molecule has 0 aliphatic heterocycles. The number of hydrogen-bond acceptors (Lipinski definition) is 2. The van der Waals surface area contributed by atoms with Crippen LogP contribution in [-0.2, 0) is 0 Å². The Bertz CT molecular complexity index is 599. The molecule has 1 unspecified atom stereocenters. The molecular formula is C16H16BrNO2. The van der Waals surface area contributed by atoms with Crippen molar-refractivity contribution in [2.75, 3.05) is 11.9 Å². The Morgan fingerprint density at radius 1 is 1.25 bits per heavy atom. The number of aromatic carboxylic acids is 1. The lowest BCUT2D eigenvalue weighted by Crippen LogP contribution is -2.10. The Labute approximate surface area is 126 Å². The fourth-order valence-corrected chi connectivity index (χ4v) is 2.47. The molecule has 1 atom stereocenters. The van der Waals surface area contributed by atoms with Gasteiger partial charge < -0.3 is 10.4 Å². The fraction of sp³-hybridized carbons (Fsp3) is 0.188. The first-order valence-electron chi connectivity index (χ1n) is 6.39. The molecule has 0 aromatic heterocycles. The second-order valence-electron chi connectivity index (χ2n) is 4.69. The minimum atomic E-state index is -0.921. The second kappa shape index (κ2) is 6.57. The highest BCUT2D eigenvalue weighted by atomic mass is 79.9. The summed E-state index contributed by atoms with van der Waals surface area (Å²) in [4.78, 5) is 10.9. The van der Waals surface area contributed by atoms with E-state index in [1.54, 1.807) is 18.2 Å². The maximum absolute atomic E-state index is 10.9. The molecule has 0 spiro atoms. The highest BCUT2D eigenvalue weighted by Gasteiger charge is 2.08. The summed E-state index contributed by atoms with van der Waals surface area (Å²) in [5, 5.41) is 12.3. The predicted molar refractivity (Wildman–Crippen MR) is 84.4 cm³/mol. The Morgan fingerprint density at radius 2 is 1.95 bits per heavy atom. The summed E-state index contributed by atoms with van der Waals surface area (Å²) in [6.45, 7) is 2.94. The highest BCUT2D eigenvalue weighted by Crippen LogP contribution is 2.25. The van der Waals surface area contributed by atoms with Gasteiger partial charge in [0, 0.05) is 16.7 Å². The molecule has 0 aliphatic rings. The van der Waals surface area contributed by atoms with Crippen LogP contribution in [0.25, 0.3) is 0 Å². The first kappa shape index (κ1) is 14.6. The van der Waals surface area contributed by atoms with E-state index in [1.165, 1.54) is 5.56 Å². The van der Waals surface area contributed by atoms with Gasteiger partial charge in [0.15, 0.2) is 0 Å². The summed E-state index contributed by atoms with van der Waals surface area (Å²) in [7, 11) is 0. The molecule has 2 aromatic rings. The molecule has 0 fully saturated rings. The first-order valence-corrected chi connectivity index (χ1v) is 7.19. The molecule has 20 heavy (non-hydrogen) atoms. The minimum Gasteiger partial charge on any atom is -0.478 e. The zero-order valence-electron chi connectivity index (χ0n) is 11.1. The summed E-state index contributed by atoms with van der Waals surface area (Å²) < 4.78 is 0.762. The molecule has 0 heterocycles. The van der Waals surface area contributed by atoms with Gasteiger partial charge in [-0.25, -0.2) is 4.79 Å². The van der Waals surface area contributed by atoms with Crippen molar-refractivity contribution >= 4 is 27.6 Å². The summed E-state index contributed by atoms with van der Waals surface area (Å²) >= 11 is 3.40. The second-order valence-corrected chi connectivity index (χ2v) is 5.55. The van der Waals surface area contributed by atoms with Crippen molar-refractivity contribution in [2.45, 2.75) is 12.8 Å². The van der Waals surface area contributed by atoms with Crippen molar-refractivity contribution in [1.82, 2.24) is 0 Å². The van der Waals surface area contributed by atoms with Crippen LogP contribution in [0, 0.1) is 0 Å². The monoisotopic (exact) mass is 333 g/mol. The largest absolute Gasteiger partial charge is 0.478 e. The molecule has 104 valence electrons. The van der Waals surface area contributed by atoms with E-state index >= 15 is 0 Å². The van der Waals surface area contributed by atoms with Crippen LogP contribution < -0.4 is 5.32 Å². The van der Waals surface area contributed by atoms with Gasteiger partial charge in [0.05, 0.1) is 5.56 Å². The molecule has 0 bridgehead atoms. The van der Waals surface area contributed by atoms with Gasteiger partial charge in [0.25, 0.3) is 0 Å². The third-order valence-corrected chi connectivity index (χ3v) is 3.84. The Kier molecular flexibility index (Phi) is 4.79. The smallest absolute Gasteiger partial charge is 0.335 e. The van der Waals surface area contributed by atoms with Crippen LogP contribution >= 0.6 is 15.9 Å². The lowest BCUT2D eigenvalue weighted by Gasteiger charge is -2.15. The van der Waals surface area contributed by atoms with Crippen molar-refractivity contribution in [3.05, 3.63) is 64.1 Å². The molecule has 3 nitrogen and oxygen atoms in total. The van der Waals surface area contributed by atoms with Crippen molar-refractivity contribution in [3.63, 3.8) is 0 Å². The SMILES string of the molecule is CC(CNc1ccc(C(=O)O)cc1Br)c1ccccc1. The normalized spacial score (nSPS) is 11.9. The predicted octanol–water partition coefficient (Wildman–Crippen LogP) is 4.36. The number of benzene rings is 2. The average molecular weight is 334 g/mol. The summed E-state index contributed by atoms with van der Waals surface area (Å²) in [6, 6.07) is 15.3. The van der Waals surface area contributed by atoms with Gasteiger partial charge in [-0.15, -0.1) is 0 Å². The topological polar surface area (TPSA) is 49.3 Å². The van der Waals surface area contributed by atoms with E-state index in [0.29, 0.717) is 5.92 Å². The summed E-state index contributed by atoms with van der Waals surface area (Å²) in [5.41, 5.74) is 2.45. The lowest BCUT2D eigenvalue weighted by molar-refractivity contribution is 0.0697. The quantitative estimate of drug-likeness (QED) is 0.854. The molecule has 0 radical (unpaired) electrons. The van der Waals surface area contributed by atoms with Crippen LogP contribution in [0.1, 0.15) is 28.8 Å². The van der Waals surface area contributed by atoms with Crippen molar-refractivity contribution < 1.29 is 9.90 Å². The number of rotatable bonds is 5. The highest BCUT2D eigenvalue weighted by molar-refractivity contribution is 9.10. The van der Waals surface area contributed by atoms with Crippen molar-refractivity contribution in [3.8, 4) is 0 Å². The third-order valence-electron chi connectivity index (χ3n) is 3.18. The zero-order chi connectivity index (χ0) is 14.5. The van der Waals surface area contributed by atoms with Gasteiger partial charge >= 0.3 is 5.97 Å². The molecule has 4 heteroatoms. The van der Waals surface area contributed by atoms with Crippen LogP contribution in [0.15, 0.2) is 53.0 Å². The first-order chi connectivity index (χ1) is 9.58. The van der Waals surface area contributed by atoms with E-state index in [2.05, 4.69) is 40.3 Å². The van der Waals surface area contributed by atoms with E-state index in [4.69, 9.17) is 5.11 Å². The molecule has 0 saturated carbocycles. The molecule has 2 rings (SSSR count). The number of carboxylic acid groups (broad SMARTS) is 1. The van der Waals surface area contributed by atoms with Crippen LogP contribution in [0.5, 0.6) is 0 Å². The fourth-order valence-electron chi connectivity index (χ4n) is 1.95. The number of carbonyl (C=O) groups is 1. The van der Waals surface area contributed by atoms with Crippen molar-refractivity contribution in [2.24, 2.45) is 0 Å². The van der Waals surface area contributed by atoms with Gasteiger partial charge in [0.2, 0.25) is 0 Å². The third kappa shape index (κ3) is 3.61. The van der Waals surface area contributed by atoms with E-state index in [-0.39, 0.29) is 5.56 Å². The van der Waals surface area contributed by atoms with E-state index in [1.807, 2.05) is 18.2 Å². The molecule has 0 amide bonds. The summed E-state index contributed by atoms with van der Waals surface area (Å²) in [5.74, 6) is -0.544. The Balaban J connectivity index is 2.02. The average Bonchev–Trinajstić information content (AvgIpc) is 2.46. The van der Waals surface area contributed by atoms with Crippen LogP contribution in [-0.4, -0.2) is 17.6 Å². The van der Waals surface area contributed by atoms with Gasteiger partial charge in [-0.2, -0.15) is 0 Å². The number of halogens is 1. The summed E-state index contributed by atoms with van der Waals surface area (Å²) in [6.07, 6.45) is 0. The van der Waals surface area contributed by atoms with Gasteiger partial charge in [-0.05, 0) is 45.6 Å². The molecule has 2 N–H and O–H groups in total. The van der Waals surface area contributed by atoms with Crippen LogP contribution in [0.3, 0.4) is 0 Å².